The van der Waals surface area contributed by atoms with Crippen LogP contribution in [0.4, 0.5) is 34.1 Å². The zero-order chi connectivity index (χ0) is 31.4. The van der Waals surface area contributed by atoms with Crippen molar-refractivity contribution in [2.45, 2.75) is 0 Å². The molecular weight excluding hydrogens is 611 g/mol. The molecule has 0 aliphatic rings. The quantitative estimate of drug-likeness (QED) is 0.0987. The Morgan fingerprint density at radius 3 is 1.00 bits per heavy atom. The first-order valence-electron chi connectivity index (χ1n) is 14.9. The van der Waals surface area contributed by atoms with Crippen molar-refractivity contribution < 1.29 is 15.0 Å². The van der Waals surface area contributed by atoms with E-state index < -0.39 is 0 Å². The molecule has 0 fully saturated rings. The molecule has 0 amide bonds. The summed E-state index contributed by atoms with van der Waals surface area (Å²) in [4.78, 5) is 14.2. The number of hydrogen-bond acceptors (Lipinski definition) is 2. The van der Waals surface area contributed by atoms with Crippen LogP contribution < -0.4 is 20.4 Å². The molecule has 0 saturated heterocycles. The predicted octanol–water partition coefficient (Wildman–Crippen LogP) is 9.23. The number of nitrogens with one attached hydrogen (secondary N) is 2. The number of guanidine groups is 2. The molecule has 7 heteroatoms. The third-order valence-corrected chi connectivity index (χ3v) is 7.28. The van der Waals surface area contributed by atoms with Crippen LogP contribution in [0.5, 0.6) is 0 Å². The summed E-state index contributed by atoms with van der Waals surface area (Å²) >= 11 is 6.05. The summed E-state index contributed by atoms with van der Waals surface area (Å²) in [7, 11) is 0. The van der Waals surface area contributed by atoms with E-state index in [0.29, 0.717) is 16.7 Å². The van der Waals surface area contributed by atoms with Gasteiger partial charge in [0.2, 0.25) is 0 Å². The van der Waals surface area contributed by atoms with Crippen molar-refractivity contribution >= 4 is 50.8 Å². The summed E-state index contributed by atoms with van der Waals surface area (Å²) < 4.78 is 0.466. The van der Waals surface area contributed by atoms with E-state index >= 15 is 0 Å². The monoisotopic (exact) mass is 642 g/mol. The molecule has 46 heavy (non-hydrogen) atoms. The van der Waals surface area contributed by atoms with Crippen LogP contribution >= 0.6 is 0 Å². The number of aliphatic imine (C=N–C) groups is 2. The number of nitrogens with zero attached hydrogens (tertiary/aromatic N) is 4. The second-order valence-corrected chi connectivity index (χ2v) is 10.5. The summed E-state index contributed by atoms with van der Waals surface area (Å²) in [5.74, 6) is 1.06. The molecule has 0 unspecified atom stereocenters. The van der Waals surface area contributed by atoms with E-state index in [1.54, 1.807) is 0 Å². The van der Waals surface area contributed by atoms with E-state index in [1.807, 2.05) is 192 Å². The van der Waals surface area contributed by atoms with Gasteiger partial charge in [0.05, 0.1) is 0 Å². The molecule has 0 bridgehead atoms. The zero-order valence-electron chi connectivity index (χ0n) is 24.9. The van der Waals surface area contributed by atoms with Gasteiger partial charge in [-0.25, -0.2) is 0 Å². The van der Waals surface area contributed by atoms with Crippen LogP contribution in [0.1, 0.15) is 0 Å². The summed E-state index contributed by atoms with van der Waals surface area (Å²) in [6.07, 6.45) is 0. The number of anilines is 4. The molecule has 2 N–H and O–H groups in total. The fourth-order valence-electron chi connectivity index (χ4n) is 4.68. The summed E-state index contributed by atoms with van der Waals surface area (Å²) in [6.45, 7) is 0. The van der Waals surface area contributed by atoms with Crippen molar-refractivity contribution in [3.63, 3.8) is 0 Å². The molecule has 0 aliphatic heterocycles. The van der Waals surface area contributed by atoms with Gasteiger partial charge < -0.3 is 0 Å². The third kappa shape index (κ3) is 7.83. The molecule has 0 heterocycles. The predicted molar refractivity (Wildman–Crippen MR) is 190 cm³/mol. The van der Waals surface area contributed by atoms with Crippen LogP contribution in [0, 0.1) is 0 Å². The van der Waals surface area contributed by atoms with Gasteiger partial charge in [-0.1, -0.05) is 0 Å². The van der Waals surface area contributed by atoms with Crippen molar-refractivity contribution in [3.8, 4) is 0 Å². The van der Waals surface area contributed by atoms with Crippen LogP contribution in [-0.2, 0) is 15.0 Å². The second kappa shape index (κ2) is 15.3. The van der Waals surface area contributed by atoms with Gasteiger partial charge in [0, 0.05) is 0 Å². The molecule has 6 aromatic rings. The average Bonchev–Trinajstić information content (AvgIpc) is 3.11. The molecule has 0 aliphatic carbocycles. The number of benzene rings is 6. The Balaban J connectivity index is 1.55. The average molecular weight is 643 g/mol. The first-order chi connectivity index (χ1) is 22.7. The van der Waals surface area contributed by atoms with Crippen LogP contribution in [0.3, 0.4) is 0 Å². The topological polar surface area (TPSA) is 55.3 Å². The molecule has 6 nitrogen and oxygen atoms in total. The molecule has 0 aromatic heterocycles. The SMILES string of the molecule is [Ni]=[C](N(C(=Nc1ccccc1)Nc1ccccc1)c1ccccc1)N(C(=Nc1ccccc1)Nc1ccccc1)c1ccccc1. The molecular formula is C39H32N6Ni. The van der Waals surface area contributed by atoms with Crippen molar-refractivity contribution in [3.05, 3.63) is 182 Å². The number of rotatable bonds is 8. The Bertz CT molecular complexity index is 1740. The minimum absolute atomic E-state index is 0.466. The van der Waals surface area contributed by atoms with Crippen LogP contribution in [0.2, 0.25) is 0 Å². The standard InChI is InChI=1S/C39H32N6.Ni/c1-7-19-32(20-8-1)40-38(41-33-21-9-2-10-22-33)44(36-27-15-5-16-28-36)31-45(37-29-17-6-18-30-37)39(42-34-23-11-3-12-24-34)43-35-25-13-4-14-26-35;/h1-30H,(H,40,41)(H,42,43);. The Morgan fingerprint density at radius 2 is 0.674 bits per heavy atom. The van der Waals surface area contributed by atoms with Crippen molar-refractivity contribution in [2.24, 2.45) is 9.98 Å². The van der Waals surface area contributed by atoms with Gasteiger partial charge in [0.1, 0.15) is 0 Å². The Hall–Kier alpha value is -5.78. The maximum absolute atomic E-state index is 6.05. The Morgan fingerprint density at radius 1 is 0.391 bits per heavy atom. The molecule has 0 radical (unpaired) electrons. The van der Waals surface area contributed by atoms with Gasteiger partial charge in [0.25, 0.3) is 0 Å². The van der Waals surface area contributed by atoms with Gasteiger partial charge in [0.15, 0.2) is 0 Å². The normalized spacial score (nSPS) is 11.4. The van der Waals surface area contributed by atoms with Crippen molar-refractivity contribution in [1.82, 2.24) is 0 Å². The van der Waals surface area contributed by atoms with E-state index in [1.165, 1.54) is 0 Å². The van der Waals surface area contributed by atoms with Gasteiger partial charge in [-0.3, -0.25) is 0 Å². The molecule has 6 aromatic carbocycles. The zero-order valence-corrected chi connectivity index (χ0v) is 25.9. The van der Waals surface area contributed by atoms with Gasteiger partial charge in [-0.05, 0) is 0 Å². The molecule has 0 saturated carbocycles. The van der Waals surface area contributed by atoms with Gasteiger partial charge >= 0.3 is 278 Å². The first-order valence-corrected chi connectivity index (χ1v) is 15.4. The molecule has 228 valence electrons. The van der Waals surface area contributed by atoms with E-state index in [9.17, 15) is 0 Å². The molecule has 6 rings (SSSR count). The Labute approximate surface area is 277 Å². The van der Waals surface area contributed by atoms with Crippen LogP contribution in [0.25, 0.3) is 0 Å². The van der Waals surface area contributed by atoms with Gasteiger partial charge in [-0.15, -0.1) is 0 Å². The molecule has 0 spiro atoms. The van der Waals surface area contributed by atoms with Crippen molar-refractivity contribution in [2.75, 3.05) is 20.4 Å². The van der Waals surface area contributed by atoms with Crippen LogP contribution in [0.15, 0.2) is 192 Å². The van der Waals surface area contributed by atoms with E-state index in [0.717, 1.165) is 34.1 Å². The number of para-hydroxylation sites is 6. The van der Waals surface area contributed by atoms with E-state index in [2.05, 4.69) is 10.6 Å². The maximum atomic E-state index is 6.05. The number of hydrogen-bond donors (Lipinski definition) is 2. The summed E-state index contributed by atoms with van der Waals surface area (Å²) in [5, 5.41) is 7.12. The Kier molecular flexibility index (Phi) is 10.1. The first kappa shape index (κ1) is 30.3. The summed E-state index contributed by atoms with van der Waals surface area (Å²) in [6, 6.07) is 59.7. The van der Waals surface area contributed by atoms with Crippen LogP contribution in [-0.4, -0.2) is 16.7 Å². The van der Waals surface area contributed by atoms with Crippen molar-refractivity contribution in [1.29, 1.82) is 0 Å². The fraction of sp³-hybridized carbons (Fsp3) is 0. The van der Waals surface area contributed by atoms with E-state index in [-0.39, 0.29) is 0 Å². The molecule has 0 atom stereocenters. The minimum atomic E-state index is 0.466. The summed E-state index contributed by atoms with van der Waals surface area (Å²) in [5.41, 5.74) is 4.97. The second-order valence-electron chi connectivity index (χ2n) is 10.1. The fourth-order valence-corrected chi connectivity index (χ4v) is 5.14. The van der Waals surface area contributed by atoms with E-state index in [4.69, 9.17) is 25.0 Å². The van der Waals surface area contributed by atoms with Gasteiger partial charge in [-0.2, -0.15) is 0 Å². The third-order valence-electron chi connectivity index (χ3n) is 6.84.